The maximum atomic E-state index is 13.5. The summed E-state index contributed by atoms with van der Waals surface area (Å²) in [5, 5.41) is 2.36. The second-order valence-electron chi connectivity index (χ2n) is 6.00. The zero-order valence-corrected chi connectivity index (χ0v) is 16.6. The molecule has 0 aliphatic heterocycles. The maximum Gasteiger partial charge on any atom is 0.422 e. The van der Waals surface area contributed by atoms with Gasteiger partial charge in [-0.15, -0.1) is 0 Å². The molecule has 0 radical (unpaired) electrons. The van der Waals surface area contributed by atoms with Gasteiger partial charge in [-0.05, 0) is 36.4 Å². The molecule has 2 atom stereocenters. The van der Waals surface area contributed by atoms with Crippen LogP contribution in [0.2, 0.25) is 0 Å². The molecule has 0 aliphatic carbocycles. The Morgan fingerprint density at radius 1 is 0.571 bits per heavy atom. The van der Waals surface area contributed by atoms with Gasteiger partial charge in [-0.3, -0.25) is 4.98 Å². The molecule has 0 saturated heterocycles. The van der Waals surface area contributed by atoms with Gasteiger partial charge in [-0.2, -0.15) is 0 Å². The Bertz CT molecular complexity index is 1140. The molecule has 4 aromatic rings. The molecule has 4 nitrogen and oxygen atoms in total. The van der Waals surface area contributed by atoms with Gasteiger partial charge < -0.3 is 0 Å². The third kappa shape index (κ3) is 3.66. The van der Waals surface area contributed by atoms with Crippen molar-refractivity contribution in [2.24, 2.45) is 0 Å². The van der Waals surface area contributed by atoms with Crippen LogP contribution in [0.25, 0.3) is 11.4 Å². The topological polar surface area (TPSA) is 59.9 Å². The number of hydrogen-bond donors (Lipinski definition) is 0. The Kier molecular flexibility index (Phi) is 5.43. The van der Waals surface area contributed by atoms with Crippen LogP contribution in [0.5, 0.6) is 0 Å². The van der Waals surface area contributed by atoms with Crippen LogP contribution in [-0.2, 0) is 9.13 Å². The van der Waals surface area contributed by atoms with Gasteiger partial charge in [0.25, 0.3) is 10.6 Å². The number of benzene rings is 2. The van der Waals surface area contributed by atoms with Crippen LogP contribution in [0.4, 0.5) is 0 Å². The summed E-state index contributed by atoms with van der Waals surface area (Å²) in [6, 6.07) is 25.6. The van der Waals surface area contributed by atoms with E-state index in [9.17, 15) is 9.13 Å². The molecule has 4 rings (SSSR count). The average Bonchev–Trinajstić information content (AvgIpc) is 2.79. The van der Waals surface area contributed by atoms with E-state index in [-0.39, 0.29) is 0 Å². The molecular formula is C22H16N2O2P2+2. The highest BCUT2D eigenvalue weighted by Crippen LogP contribution is 2.29. The van der Waals surface area contributed by atoms with Crippen molar-refractivity contribution in [1.82, 2.24) is 9.97 Å². The summed E-state index contributed by atoms with van der Waals surface area (Å²) in [6.45, 7) is 0. The van der Waals surface area contributed by atoms with E-state index in [2.05, 4.69) is 9.97 Å². The standard InChI is InChI=1S/C22H16N2O2P2/c25-27(17-9-3-1-4-10-17)20-14-16-24-21(19-13-7-8-15-23-19)22(20)28(26)18-11-5-2-6-12-18/h1-16H/q+2. The second kappa shape index (κ2) is 8.31. The van der Waals surface area contributed by atoms with Gasteiger partial charge in [0.05, 0.1) is 5.69 Å². The van der Waals surface area contributed by atoms with E-state index in [0.717, 1.165) is 0 Å². The molecule has 2 aromatic carbocycles. The Hall–Kier alpha value is -3.06. The van der Waals surface area contributed by atoms with Crippen LogP contribution in [0, 0.1) is 0 Å². The predicted octanol–water partition coefficient (Wildman–Crippen LogP) is 3.70. The molecule has 2 aromatic heterocycles. The van der Waals surface area contributed by atoms with Crippen molar-refractivity contribution < 1.29 is 9.13 Å². The number of nitrogens with zero attached hydrogens (tertiary/aromatic N) is 2. The van der Waals surface area contributed by atoms with E-state index in [1.807, 2.05) is 78.9 Å². The molecule has 0 saturated carbocycles. The van der Waals surface area contributed by atoms with E-state index in [0.29, 0.717) is 32.6 Å². The first kappa shape index (κ1) is 18.3. The van der Waals surface area contributed by atoms with Gasteiger partial charge in [0.15, 0.2) is 10.6 Å². The first-order chi connectivity index (χ1) is 13.8. The molecule has 0 aliphatic rings. The lowest BCUT2D eigenvalue weighted by molar-refractivity contribution is 0.596. The van der Waals surface area contributed by atoms with Crippen molar-refractivity contribution in [1.29, 1.82) is 0 Å². The number of hydrogen-bond acceptors (Lipinski definition) is 4. The molecule has 2 heterocycles. The fourth-order valence-corrected chi connectivity index (χ4v) is 6.01. The third-order valence-electron chi connectivity index (χ3n) is 4.21. The molecule has 0 fully saturated rings. The first-order valence-electron chi connectivity index (χ1n) is 8.71. The van der Waals surface area contributed by atoms with Crippen LogP contribution < -0.4 is 21.2 Å². The Balaban J connectivity index is 1.94. The van der Waals surface area contributed by atoms with Gasteiger partial charge in [-0.25, -0.2) is 4.98 Å². The fourth-order valence-electron chi connectivity index (χ4n) is 2.89. The Labute approximate surface area is 164 Å². The molecule has 0 bridgehead atoms. The minimum absolute atomic E-state index is 0.479. The molecule has 134 valence electrons. The van der Waals surface area contributed by atoms with Gasteiger partial charge in [0.2, 0.25) is 0 Å². The predicted molar refractivity (Wildman–Crippen MR) is 114 cm³/mol. The highest BCUT2D eigenvalue weighted by molar-refractivity contribution is 7.68. The van der Waals surface area contributed by atoms with Crippen molar-refractivity contribution >= 4 is 36.8 Å². The van der Waals surface area contributed by atoms with Gasteiger partial charge in [0, 0.05) is 18.5 Å². The van der Waals surface area contributed by atoms with Gasteiger partial charge >= 0.3 is 15.6 Å². The third-order valence-corrected chi connectivity index (χ3v) is 7.59. The van der Waals surface area contributed by atoms with Crippen LogP contribution >= 0.6 is 15.6 Å². The van der Waals surface area contributed by atoms with E-state index in [4.69, 9.17) is 0 Å². The number of aromatic nitrogens is 2. The monoisotopic (exact) mass is 402 g/mol. The van der Waals surface area contributed by atoms with Crippen LogP contribution in [0.15, 0.2) is 97.3 Å². The van der Waals surface area contributed by atoms with E-state index < -0.39 is 15.6 Å². The summed E-state index contributed by atoms with van der Waals surface area (Å²) in [5.41, 5.74) is 1.11. The highest BCUT2D eigenvalue weighted by atomic mass is 31.1. The van der Waals surface area contributed by atoms with E-state index in [1.165, 1.54) is 0 Å². The number of pyridine rings is 2. The van der Waals surface area contributed by atoms with Gasteiger partial charge in [-0.1, -0.05) is 51.6 Å². The average molecular weight is 402 g/mol. The zero-order valence-electron chi connectivity index (χ0n) is 14.8. The summed E-state index contributed by atoms with van der Waals surface area (Å²) < 4.78 is 26.9. The summed E-state index contributed by atoms with van der Waals surface area (Å²) in [5.74, 6) is 0. The second-order valence-corrected chi connectivity index (χ2v) is 9.14. The lowest BCUT2D eigenvalue weighted by Gasteiger charge is -2.01. The molecule has 6 heteroatoms. The minimum Gasteiger partial charge on any atom is -0.254 e. The molecule has 28 heavy (non-hydrogen) atoms. The SMILES string of the molecule is O=[P+](c1ccccc1)c1ccnc(-c2ccccn2)c1[P+](=O)c1ccccc1. The Morgan fingerprint density at radius 3 is 1.79 bits per heavy atom. The van der Waals surface area contributed by atoms with Crippen LogP contribution in [0.3, 0.4) is 0 Å². The minimum atomic E-state index is -2.00. The molecular weight excluding hydrogens is 386 g/mol. The lowest BCUT2D eigenvalue weighted by Crippen LogP contribution is -2.27. The molecule has 0 N–H and O–H groups in total. The van der Waals surface area contributed by atoms with E-state index in [1.54, 1.807) is 18.5 Å². The summed E-state index contributed by atoms with van der Waals surface area (Å²) in [7, 11) is -3.92. The van der Waals surface area contributed by atoms with Gasteiger partial charge in [0.1, 0.15) is 5.69 Å². The quantitative estimate of drug-likeness (QED) is 0.478. The maximum absolute atomic E-state index is 13.5. The lowest BCUT2D eigenvalue weighted by atomic mass is 10.2. The zero-order chi connectivity index (χ0) is 19.3. The van der Waals surface area contributed by atoms with Crippen molar-refractivity contribution in [2.75, 3.05) is 0 Å². The number of rotatable bonds is 5. The van der Waals surface area contributed by atoms with Crippen molar-refractivity contribution in [3.8, 4) is 11.4 Å². The summed E-state index contributed by atoms with van der Waals surface area (Å²) in [6.07, 6.45) is 3.27. The van der Waals surface area contributed by atoms with Crippen LogP contribution in [-0.4, -0.2) is 9.97 Å². The highest BCUT2D eigenvalue weighted by Gasteiger charge is 2.41. The largest absolute Gasteiger partial charge is 0.422 e. The molecule has 0 spiro atoms. The normalized spacial score (nSPS) is 11.7. The van der Waals surface area contributed by atoms with E-state index >= 15 is 0 Å². The molecule has 2 unspecified atom stereocenters. The van der Waals surface area contributed by atoms with Crippen LogP contribution in [0.1, 0.15) is 0 Å². The fraction of sp³-hybridized carbons (Fsp3) is 0. The van der Waals surface area contributed by atoms with Crippen molar-refractivity contribution in [2.45, 2.75) is 0 Å². The Morgan fingerprint density at radius 2 is 1.18 bits per heavy atom. The summed E-state index contributed by atoms with van der Waals surface area (Å²) in [4.78, 5) is 8.83. The first-order valence-corrected chi connectivity index (χ1v) is 11.2. The summed E-state index contributed by atoms with van der Waals surface area (Å²) >= 11 is 0. The molecule has 0 amide bonds. The van der Waals surface area contributed by atoms with Crippen molar-refractivity contribution in [3.63, 3.8) is 0 Å². The smallest absolute Gasteiger partial charge is 0.254 e. The van der Waals surface area contributed by atoms with Crippen molar-refractivity contribution in [3.05, 3.63) is 97.3 Å².